The van der Waals surface area contributed by atoms with Gasteiger partial charge in [0.25, 0.3) is 0 Å². The number of guanidine groups is 2. The van der Waals surface area contributed by atoms with Crippen molar-refractivity contribution in [3.05, 3.63) is 5.32 Å². The van der Waals surface area contributed by atoms with E-state index >= 15 is 0 Å². The molecule has 168 valence electrons. The van der Waals surface area contributed by atoms with E-state index in [0.29, 0.717) is 0 Å². The Labute approximate surface area is 211 Å². The minimum absolute atomic E-state index is 0. The van der Waals surface area contributed by atoms with Crippen molar-refractivity contribution in [3.63, 3.8) is 0 Å². The van der Waals surface area contributed by atoms with Gasteiger partial charge < -0.3 is 38.8 Å². The Morgan fingerprint density at radius 3 is 1.81 bits per heavy atom. The van der Waals surface area contributed by atoms with Crippen LogP contribution in [-0.4, -0.2) is 36.1 Å². The molecule has 0 aliphatic heterocycles. The van der Waals surface area contributed by atoms with Crippen molar-refractivity contribution in [2.75, 3.05) is 0 Å². The number of nitrogens with zero attached hydrogens (tertiary/aromatic N) is 7. The maximum atomic E-state index is 8.43. The monoisotopic (exact) mass is 451 g/mol. The zero-order valence-corrected chi connectivity index (χ0v) is 20.4. The van der Waals surface area contributed by atoms with Crippen LogP contribution in [0.25, 0.3) is 5.32 Å². The Kier molecular flexibility index (Phi) is 19.8. The quantitative estimate of drug-likeness (QED) is 0.0796. The van der Waals surface area contributed by atoms with Gasteiger partial charge in [-0.3, -0.25) is 10.6 Å². The molecule has 0 aromatic rings. The van der Waals surface area contributed by atoms with E-state index in [2.05, 4.69) is 25.9 Å². The largest absolute Gasteiger partial charge is 1.00 e. The van der Waals surface area contributed by atoms with E-state index in [4.69, 9.17) is 44.0 Å². The summed E-state index contributed by atoms with van der Waals surface area (Å²) in [5, 5.41) is 39.5. The molecule has 0 aromatic heterocycles. The maximum absolute atomic E-state index is 8.43. The third-order valence-electron chi connectivity index (χ3n) is 4.70. The fraction of sp³-hybridized carbons (Fsp3) is 0.667. The van der Waals surface area contributed by atoms with Crippen LogP contribution in [0.4, 0.5) is 0 Å². The first-order valence-electron chi connectivity index (χ1n) is 9.85. The van der Waals surface area contributed by atoms with Crippen molar-refractivity contribution in [2.45, 2.75) is 75.5 Å². The minimum atomic E-state index is -0.0768. The first-order chi connectivity index (χ1) is 14.9. The fourth-order valence-electron chi connectivity index (χ4n) is 3.19. The van der Waals surface area contributed by atoms with E-state index in [1.54, 1.807) is 12.4 Å². The van der Waals surface area contributed by atoms with E-state index < -0.39 is 0 Å². The van der Waals surface area contributed by atoms with Gasteiger partial charge in [0.1, 0.15) is 0 Å². The molecule has 2 aliphatic carbocycles. The normalized spacial score (nSPS) is 24.4. The molecule has 10 N–H and O–H groups in total. The first-order valence-corrected chi connectivity index (χ1v) is 9.85. The number of hydrogen-bond donors (Lipinski definition) is 6. The Bertz CT molecular complexity index is 718. The standard InChI is InChI=1S/C10H16N8.C6H14N2.C2N3.Na/c11-5-15-9(13)17-7-3-1-2-4-8(7)18-10(14)16-6-12;7-5-3-1-2-4-6(5)8;3-1-5-2-4;/h7-8H,1-4H2,(H3,13,15,17)(H3,14,16,18);5-6H,1-4,7-8H2;;/q;;-1;+1. The van der Waals surface area contributed by atoms with Crippen molar-refractivity contribution >= 4 is 11.9 Å². The molecule has 32 heavy (non-hydrogen) atoms. The summed E-state index contributed by atoms with van der Waals surface area (Å²) < 4.78 is 0. The van der Waals surface area contributed by atoms with Crippen LogP contribution >= 0.6 is 0 Å². The van der Waals surface area contributed by atoms with Crippen LogP contribution in [-0.2, 0) is 0 Å². The second kappa shape index (κ2) is 20.1. The van der Waals surface area contributed by atoms with E-state index in [1.165, 1.54) is 25.2 Å². The number of hydrogen-bond acceptors (Lipinski definition) is 8. The van der Waals surface area contributed by atoms with E-state index in [1.807, 2.05) is 0 Å². The van der Waals surface area contributed by atoms with Gasteiger partial charge in [0.2, 0.25) is 18.1 Å². The van der Waals surface area contributed by atoms with Crippen LogP contribution in [0.1, 0.15) is 51.4 Å². The van der Waals surface area contributed by atoms with Crippen molar-refractivity contribution < 1.29 is 29.6 Å². The molecule has 0 amide bonds. The summed E-state index contributed by atoms with van der Waals surface area (Å²) in [5.74, 6) is 0.170. The molecular formula is C18H30N13Na. The van der Waals surface area contributed by atoms with Gasteiger partial charge in [0.05, 0.1) is 12.1 Å². The Balaban J connectivity index is 0. The second-order valence-electron chi connectivity index (χ2n) is 6.87. The zero-order chi connectivity index (χ0) is 23.5. The molecule has 14 heteroatoms. The summed E-state index contributed by atoms with van der Waals surface area (Å²) in [7, 11) is 0. The third kappa shape index (κ3) is 15.1. The predicted octanol–water partition coefficient (Wildman–Crippen LogP) is -3.39. The molecule has 0 saturated heterocycles. The number of nitrogens with two attached hydrogens (primary N) is 4. The molecular weight excluding hydrogens is 421 g/mol. The summed E-state index contributed by atoms with van der Waals surface area (Å²) in [4.78, 5) is 7.63. The van der Waals surface area contributed by atoms with Gasteiger partial charge >= 0.3 is 29.6 Å². The predicted molar refractivity (Wildman–Crippen MR) is 116 cm³/mol. The molecule has 2 rings (SSSR count). The van der Waals surface area contributed by atoms with Gasteiger partial charge in [-0.1, -0.05) is 25.7 Å². The van der Waals surface area contributed by atoms with E-state index in [0.717, 1.165) is 38.5 Å². The van der Waals surface area contributed by atoms with Crippen LogP contribution in [0.2, 0.25) is 0 Å². The smallest absolute Gasteiger partial charge is 0.385 e. The first kappa shape index (κ1) is 31.4. The van der Waals surface area contributed by atoms with Gasteiger partial charge in [0, 0.05) is 24.5 Å². The molecule has 4 atom stereocenters. The molecule has 0 bridgehead atoms. The van der Waals surface area contributed by atoms with Crippen molar-refractivity contribution in [3.8, 4) is 24.8 Å². The Hall–Kier alpha value is -2.78. The van der Waals surface area contributed by atoms with Crippen molar-refractivity contribution in [1.82, 2.24) is 10.6 Å². The van der Waals surface area contributed by atoms with Crippen LogP contribution in [0, 0.1) is 45.8 Å². The number of aliphatic imine (C=N–C) groups is 2. The Morgan fingerprint density at radius 1 is 0.844 bits per heavy atom. The average Bonchev–Trinajstić information content (AvgIpc) is 2.74. The molecule has 0 radical (unpaired) electrons. The molecule has 2 fully saturated rings. The summed E-state index contributed by atoms with van der Waals surface area (Å²) >= 11 is 0. The van der Waals surface area contributed by atoms with Gasteiger partial charge in [-0.15, -0.1) is 4.99 Å². The molecule has 13 nitrogen and oxygen atoms in total. The summed E-state index contributed by atoms with van der Waals surface area (Å²) in [6, 6.07) is 0.467. The van der Waals surface area contributed by atoms with E-state index in [-0.39, 0.29) is 65.6 Å². The summed E-state index contributed by atoms with van der Waals surface area (Å²) in [5.41, 5.74) is 22.4. The van der Waals surface area contributed by atoms with E-state index in [9.17, 15) is 0 Å². The zero-order valence-electron chi connectivity index (χ0n) is 18.4. The van der Waals surface area contributed by atoms with Crippen molar-refractivity contribution in [1.29, 1.82) is 21.0 Å². The third-order valence-corrected chi connectivity index (χ3v) is 4.70. The fourth-order valence-corrected chi connectivity index (χ4v) is 3.19. The SMILES string of the molecule is N#CN=C(N)NC1CCCCC1N=C(N)NC#N.N#C[N-]C#N.NC1CCCCC1N.[Na+]. The van der Waals surface area contributed by atoms with Crippen LogP contribution in [0.3, 0.4) is 0 Å². The molecule has 0 spiro atoms. The summed E-state index contributed by atoms with van der Waals surface area (Å²) in [6.07, 6.45) is 14.5. The van der Waals surface area contributed by atoms with Gasteiger partial charge in [-0.25, -0.2) is 4.99 Å². The van der Waals surface area contributed by atoms with Gasteiger partial charge in [-0.2, -0.15) is 10.5 Å². The molecule has 2 aliphatic rings. The van der Waals surface area contributed by atoms with Crippen molar-refractivity contribution in [2.24, 2.45) is 32.9 Å². The van der Waals surface area contributed by atoms with Gasteiger partial charge in [0.15, 0.2) is 6.19 Å². The summed E-state index contributed by atoms with van der Waals surface area (Å²) in [6.45, 7) is 0. The molecule has 2 saturated carbocycles. The molecule has 4 unspecified atom stereocenters. The van der Waals surface area contributed by atoms with Gasteiger partial charge in [-0.05, 0) is 25.7 Å². The van der Waals surface area contributed by atoms with Crippen LogP contribution in [0.5, 0.6) is 0 Å². The van der Waals surface area contributed by atoms with Crippen LogP contribution in [0.15, 0.2) is 9.98 Å². The Morgan fingerprint density at radius 2 is 1.38 bits per heavy atom. The molecule has 0 heterocycles. The number of nitriles is 4. The number of nitrogens with one attached hydrogen (secondary N) is 2. The minimum Gasteiger partial charge on any atom is -0.385 e. The second-order valence-corrected chi connectivity index (χ2v) is 6.87. The molecule has 0 aromatic carbocycles. The van der Waals surface area contributed by atoms with Crippen LogP contribution < -0.4 is 63.1 Å². The topological polar surface area (TPSA) is 262 Å². The number of rotatable bonds is 2. The maximum Gasteiger partial charge on any atom is 1.00 e. The average molecular weight is 452 g/mol.